The van der Waals surface area contributed by atoms with Crippen molar-refractivity contribution >= 4 is 22.4 Å². The van der Waals surface area contributed by atoms with Gasteiger partial charge in [-0.1, -0.05) is 12.1 Å². The molecule has 1 aliphatic heterocycles. The van der Waals surface area contributed by atoms with E-state index in [9.17, 15) is 4.79 Å². The maximum Gasteiger partial charge on any atom is 0.243 e. The van der Waals surface area contributed by atoms with E-state index in [1.165, 1.54) is 11.3 Å². The lowest BCUT2D eigenvalue weighted by Gasteiger charge is -2.23. The van der Waals surface area contributed by atoms with Crippen LogP contribution in [0.5, 0.6) is 5.75 Å². The molecule has 1 fully saturated rings. The first-order chi connectivity index (χ1) is 13.6. The number of aryl methyl sites for hydroxylation is 1. The first kappa shape index (κ1) is 18.6. The predicted octanol–water partition coefficient (Wildman–Crippen LogP) is 3.16. The Morgan fingerprint density at radius 3 is 3.11 bits per heavy atom. The number of amides is 1. The third kappa shape index (κ3) is 4.07. The van der Waals surface area contributed by atoms with Gasteiger partial charge in [0.2, 0.25) is 5.91 Å². The number of benzene rings is 1. The van der Waals surface area contributed by atoms with Gasteiger partial charge >= 0.3 is 0 Å². The number of nitrogens with one attached hydrogen (secondary N) is 1. The molecule has 146 valence electrons. The van der Waals surface area contributed by atoms with Gasteiger partial charge in [0, 0.05) is 30.7 Å². The summed E-state index contributed by atoms with van der Waals surface area (Å²) in [5.41, 5.74) is 2.92. The number of aromatic nitrogens is 3. The fourth-order valence-corrected chi connectivity index (χ4v) is 4.25. The van der Waals surface area contributed by atoms with E-state index in [1.807, 2.05) is 36.8 Å². The molecule has 1 unspecified atom stereocenters. The Labute approximate surface area is 168 Å². The minimum absolute atomic E-state index is 0.00693. The molecule has 0 spiro atoms. The zero-order chi connectivity index (χ0) is 19.5. The first-order valence-electron chi connectivity index (χ1n) is 9.25. The van der Waals surface area contributed by atoms with Crippen LogP contribution >= 0.6 is 11.3 Å². The molecule has 1 aromatic carbocycles. The molecule has 0 bridgehead atoms. The van der Waals surface area contributed by atoms with Gasteiger partial charge in [0.25, 0.3) is 0 Å². The summed E-state index contributed by atoms with van der Waals surface area (Å²) in [6.45, 7) is 1.64. The Hall–Kier alpha value is -2.71. The van der Waals surface area contributed by atoms with Gasteiger partial charge in [-0.3, -0.25) is 14.4 Å². The lowest BCUT2D eigenvalue weighted by molar-refractivity contribution is -0.120. The van der Waals surface area contributed by atoms with Crippen LogP contribution < -0.4 is 10.1 Å². The summed E-state index contributed by atoms with van der Waals surface area (Å²) in [7, 11) is 3.54. The Morgan fingerprint density at radius 1 is 1.43 bits per heavy atom. The third-order valence-electron chi connectivity index (χ3n) is 4.92. The standard InChI is InChI=1S/C20H23N5O2S/c1-24-12-15(10-21-24)17-13-28-20(22-17)23-19(26)18-7-4-8-25(18)11-14-5-3-6-16(9-14)27-2/h3,5-6,9-10,12-13,18H,4,7-8,11H2,1-2H3,(H,22,23,26). The van der Waals surface area contributed by atoms with Gasteiger partial charge in [0.15, 0.2) is 5.13 Å². The number of rotatable bonds is 6. The van der Waals surface area contributed by atoms with Crippen molar-refractivity contribution in [2.24, 2.45) is 7.05 Å². The zero-order valence-electron chi connectivity index (χ0n) is 16.0. The molecule has 1 N–H and O–H groups in total. The van der Waals surface area contributed by atoms with Crippen LogP contribution in [0.15, 0.2) is 42.0 Å². The van der Waals surface area contributed by atoms with E-state index in [0.29, 0.717) is 5.13 Å². The third-order valence-corrected chi connectivity index (χ3v) is 5.68. The quantitative estimate of drug-likeness (QED) is 0.692. The summed E-state index contributed by atoms with van der Waals surface area (Å²) in [4.78, 5) is 19.6. The number of thiazole rings is 1. The monoisotopic (exact) mass is 397 g/mol. The van der Waals surface area contributed by atoms with E-state index in [1.54, 1.807) is 18.0 Å². The van der Waals surface area contributed by atoms with Crippen LogP contribution in [0, 0.1) is 0 Å². The van der Waals surface area contributed by atoms with Crippen LogP contribution in [0.25, 0.3) is 11.3 Å². The van der Waals surface area contributed by atoms with Crippen molar-refractivity contribution < 1.29 is 9.53 Å². The summed E-state index contributed by atoms with van der Waals surface area (Å²) >= 11 is 1.44. The van der Waals surface area contributed by atoms with Crippen LogP contribution in [0.4, 0.5) is 5.13 Å². The maximum absolute atomic E-state index is 12.9. The van der Waals surface area contributed by atoms with Crippen molar-refractivity contribution in [1.82, 2.24) is 19.7 Å². The second-order valence-corrected chi connectivity index (χ2v) is 7.77. The molecule has 28 heavy (non-hydrogen) atoms. The van der Waals surface area contributed by atoms with Crippen LogP contribution in [-0.4, -0.2) is 45.3 Å². The highest BCUT2D eigenvalue weighted by atomic mass is 32.1. The molecule has 8 heteroatoms. The molecular formula is C20H23N5O2S. The maximum atomic E-state index is 12.9. The Balaban J connectivity index is 1.41. The second kappa shape index (κ2) is 8.12. The SMILES string of the molecule is COc1cccc(CN2CCCC2C(=O)Nc2nc(-c3cnn(C)c3)cs2)c1. The molecule has 3 aromatic rings. The van der Waals surface area contributed by atoms with Crippen molar-refractivity contribution in [3.05, 3.63) is 47.6 Å². The minimum Gasteiger partial charge on any atom is -0.497 e. The van der Waals surface area contributed by atoms with Crippen molar-refractivity contribution in [3.63, 3.8) is 0 Å². The van der Waals surface area contributed by atoms with E-state index in [0.717, 1.165) is 48.5 Å². The fourth-order valence-electron chi connectivity index (χ4n) is 3.52. The lowest BCUT2D eigenvalue weighted by atomic mass is 10.1. The van der Waals surface area contributed by atoms with Gasteiger partial charge in [-0.05, 0) is 37.1 Å². The van der Waals surface area contributed by atoms with E-state index in [2.05, 4.69) is 26.4 Å². The number of hydrogen-bond acceptors (Lipinski definition) is 6. The second-order valence-electron chi connectivity index (χ2n) is 6.91. The summed E-state index contributed by atoms with van der Waals surface area (Å²) in [6.07, 6.45) is 5.55. The molecule has 4 rings (SSSR count). The zero-order valence-corrected chi connectivity index (χ0v) is 16.8. The predicted molar refractivity (Wildman–Crippen MR) is 109 cm³/mol. The van der Waals surface area contributed by atoms with Gasteiger partial charge in [-0.25, -0.2) is 4.98 Å². The molecule has 1 atom stereocenters. The van der Waals surface area contributed by atoms with Crippen LogP contribution in [0.2, 0.25) is 0 Å². The number of methoxy groups -OCH3 is 1. The summed E-state index contributed by atoms with van der Waals surface area (Å²) in [5, 5.41) is 9.72. The smallest absolute Gasteiger partial charge is 0.243 e. The number of carbonyl (C=O) groups excluding carboxylic acids is 1. The fraction of sp³-hybridized carbons (Fsp3) is 0.350. The Kier molecular flexibility index (Phi) is 5.40. The Morgan fingerprint density at radius 2 is 2.32 bits per heavy atom. The average Bonchev–Trinajstić information content (AvgIpc) is 3.43. The van der Waals surface area contributed by atoms with Gasteiger partial charge in [0.1, 0.15) is 5.75 Å². The average molecular weight is 398 g/mol. The summed E-state index contributed by atoms with van der Waals surface area (Å²) < 4.78 is 7.04. The number of hydrogen-bond donors (Lipinski definition) is 1. The molecule has 1 saturated heterocycles. The molecule has 3 heterocycles. The number of likely N-dealkylation sites (tertiary alicyclic amines) is 1. The molecule has 0 radical (unpaired) electrons. The first-order valence-corrected chi connectivity index (χ1v) is 10.1. The van der Waals surface area contributed by atoms with E-state index in [-0.39, 0.29) is 11.9 Å². The summed E-state index contributed by atoms with van der Waals surface area (Å²) in [6, 6.07) is 7.86. The topological polar surface area (TPSA) is 72.3 Å². The van der Waals surface area contributed by atoms with Crippen molar-refractivity contribution in [1.29, 1.82) is 0 Å². The van der Waals surface area contributed by atoms with E-state index >= 15 is 0 Å². The number of carbonyl (C=O) groups is 1. The Bertz CT molecular complexity index is 967. The van der Waals surface area contributed by atoms with Crippen molar-refractivity contribution in [3.8, 4) is 17.0 Å². The molecule has 1 amide bonds. The minimum atomic E-state index is -0.142. The highest BCUT2D eigenvalue weighted by Crippen LogP contribution is 2.27. The highest BCUT2D eigenvalue weighted by molar-refractivity contribution is 7.14. The van der Waals surface area contributed by atoms with Crippen molar-refractivity contribution in [2.45, 2.75) is 25.4 Å². The van der Waals surface area contributed by atoms with Gasteiger partial charge in [0.05, 0.1) is 25.0 Å². The van der Waals surface area contributed by atoms with E-state index < -0.39 is 0 Å². The van der Waals surface area contributed by atoms with Crippen LogP contribution in [-0.2, 0) is 18.4 Å². The van der Waals surface area contributed by atoms with Gasteiger partial charge in [-0.2, -0.15) is 5.10 Å². The molecular weight excluding hydrogens is 374 g/mol. The molecule has 2 aromatic heterocycles. The summed E-state index contributed by atoms with van der Waals surface area (Å²) in [5.74, 6) is 0.843. The molecule has 1 aliphatic rings. The highest BCUT2D eigenvalue weighted by Gasteiger charge is 2.31. The molecule has 0 saturated carbocycles. The number of nitrogens with zero attached hydrogens (tertiary/aromatic N) is 4. The number of anilines is 1. The lowest BCUT2D eigenvalue weighted by Crippen LogP contribution is -2.39. The van der Waals surface area contributed by atoms with Crippen LogP contribution in [0.1, 0.15) is 18.4 Å². The van der Waals surface area contributed by atoms with Crippen molar-refractivity contribution in [2.75, 3.05) is 19.0 Å². The normalized spacial score (nSPS) is 17.0. The van der Waals surface area contributed by atoms with Crippen LogP contribution in [0.3, 0.4) is 0 Å². The van der Waals surface area contributed by atoms with E-state index in [4.69, 9.17) is 4.74 Å². The van der Waals surface area contributed by atoms with Gasteiger partial charge < -0.3 is 10.1 Å². The largest absolute Gasteiger partial charge is 0.497 e. The number of ether oxygens (including phenoxy) is 1. The molecule has 7 nitrogen and oxygen atoms in total. The van der Waals surface area contributed by atoms with Gasteiger partial charge in [-0.15, -0.1) is 11.3 Å². The molecule has 0 aliphatic carbocycles.